The maximum absolute atomic E-state index is 8.57. The lowest BCUT2D eigenvalue weighted by atomic mass is 10.0. The number of aromatic nitrogens is 3. The zero-order valence-electron chi connectivity index (χ0n) is 25.5. The van der Waals surface area contributed by atoms with Crippen LogP contribution in [-0.4, -0.2) is 15.0 Å². The zero-order chi connectivity index (χ0) is 30.1. The molecule has 2 aromatic heterocycles. The average molecular weight is 505 g/mol. The van der Waals surface area contributed by atoms with Gasteiger partial charge in [-0.1, -0.05) is 96.9 Å². The summed E-state index contributed by atoms with van der Waals surface area (Å²) >= 11 is 0. The Morgan fingerprint density at radius 2 is 1.03 bits per heavy atom. The van der Waals surface area contributed by atoms with Crippen molar-refractivity contribution in [2.75, 3.05) is 0 Å². The van der Waals surface area contributed by atoms with E-state index in [0.717, 1.165) is 37.9 Å². The number of nitrogens with zero attached hydrogens (tertiary/aromatic N) is 3. The minimum Gasteiger partial charge on any atom is -0.456 e. The molecule has 0 spiro atoms. The lowest BCUT2D eigenvalue weighted by Crippen LogP contribution is -2.00. The van der Waals surface area contributed by atoms with Gasteiger partial charge in [0.2, 0.25) is 0 Å². The zero-order valence-corrected chi connectivity index (χ0v) is 20.5. The summed E-state index contributed by atoms with van der Waals surface area (Å²) < 4.78 is 47.9. The second kappa shape index (κ2) is 8.61. The Morgan fingerprint density at radius 3 is 1.77 bits per heavy atom. The summed E-state index contributed by atoms with van der Waals surface area (Å²) in [5.41, 5.74) is 2.68. The van der Waals surface area contributed by atoms with Gasteiger partial charge in [0.25, 0.3) is 0 Å². The van der Waals surface area contributed by atoms with Gasteiger partial charge in [-0.05, 0) is 51.9 Å². The molecule has 182 valence electrons. The van der Waals surface area contributed by atoms with Crippen molar-refractivity contribution < 1.29 is 11.3 Å². The van der Waals surface area contributed by atoms with Crippen molar-refractivity contribution in [2.45, 2.75) is 0 Å². The Morgan fingerprint density at radius 1 is 0.462 bits per heavy atom. The highest BCUT2D eigenvalue weighted by atomic mass is 16.3. The van der Waals surface area contributed by atoms with Gasteiger partial charge in [-0.2, -0.15) is 0 Å². The van der Waals surface area contributed by atoms with Crippen LogP contribution in [0.25, 0.3) is 77.6 Å². The molecule has 0 amide bonds. The Kier molecular flexibility index (Phi) is 3.80. The molecule has 0 saturated carbocycles. The van der Waals surface area contributed by atoms with Crippen molar-refractivity contribution in [1.29, 1.82) is 0 Å². The van der Waals surface area contributed by atoms with E-state index in [0.29, 0.717) is 22.5 Å². The van der Waals surface area contributed by atoms with Crippen molar-refractivity contribution in [2.24, 2.45) is 0 Å². The van der Waals surface area contributed by atoms with E-state index in [1.54, 1.807) is 0 Å². The normalized spacial score (nSPS) is 13.4. The molecule has 0 N–H and O–H groups in total. The monoisotopic (exact) mass is 504 g/mol. The standard InChI is InChI=1S/C35H21N3O/c1-2-9-23(10-3-1)33-36-34(27-15-14-22-8-4-5-11-24(22)18-27)38-35(37-33)28-16-17-29-30-19-25-12-6-7-13-26(25)20-32(30)39-31(29)21-28/h1-21H/i1D,2D,3D,9D,10D. The SMILES string of the molecule is [2H]c1c([2H])c([2H])c(-c2nc(-c3ccc4ccccc4c3)nc(-c3ccc4c(c3)oc3cc5ccccc5cc34)n2)c([2H])c1[2H]. The lowest BCUT2D eigenvalue weighted by Gasteiger charge is -2.09. The average Bonchev–Trinajstić information content (AvgIpc) is 3.41. The molecule has 0 radical (unpaired) electrons. The third-order valence-corrected chi connectivity index (χ3v) is 6.96. The first kappa shape index (κ1) is 17.2. The Labute approximate surface area is 231 Å². The van der Waals surface area contributed by atoms with Crippen molar-refractivity contribution in [1.82, 2.24) is 15.0 Å². The number of furan rings is 1. The van der Waals surface area contributed by atoms with Crippen molar-refractivity contribution in [3.05, 3.63) is 127 Å². The maximum Gasteiger partial charge on any atom is 0.164 e. The third kappa shape index (κ3) is 3.73. The summed E-state index contributed by atoms with van der Waals surface area (Å²) in [7, 11) is 0. The minimum absolute atomic E-state index is 0.00823. The van der Waals surface area contributed by atoms with Crippen LogP contribution in [0.2, 0.25) is 0 Å². The molecule has 0 saturated heterocycles. The molecule has 0 fully saturated rings. The van der Waals surface area contributed by atoms with Crippen LogP contribution in [0.1, 0.15) is 6.85 Å². The molecule has 0 unspecified atom stereocenters. The Hall–Kier alpha value is -5.35. The van der Waals surface area contributed by atoms with Crippen LogP contribution in [0, 0.1) is 0 Å². The van der Waals surface area contributed by atoms with Crippen LogP contribution in [0.15, 0.2) is 132 Å². The predicted octanol–water partition coefficient (Wildman–Crippen LogP) is 9.08. The first-order chi connectivity index (χ1) is 21.4. The van der Waals surface area contributed by atoms with Crippen LogP contribution in [0.3, 0.4) is 0 Å². The van der Waals surface area contributed by atoms with Crippen LogP contribution < -0.4 is 0 Å². The van der Waals surface area contributed by atoms with Gasteiger partial charge >= 0.3 is 0 Å². The van der Waals surface area contributed by atoms with E-state index in [-0.39, 0.29) is 29.3 Å². The van der Waals surface area contributed by atoms with Gasteiger partial charge in [-0.25, -0.2) is 15.0 Å². The molecular weight excluding hydrogens is 478 g/mol. The van der Waals surface area contributed by atoms with Crippen molar-refractivity contribution in [3.8, 4) is 34.2 Å². The maximum atomic E-state index is 8.57. The van der Waals surface area contributed by atoms with Gasteiger partial charge in [-0.15, -0.1) is 0 Å². The molecule has 0 aliphatic heterocycles. The molecule has 39 heavy (non-hydrogen) atoms. The molecule has 0 bridgehead atoms. The molecule has 0 aliphatic carbocycles. The highest BCUT2D eigenvalue weighted by molar-refractivity contribution is 6.10. The van der Waals surface area contributed by atoms with Crippen molar-refractivity contribution >= 4 is 43.5 Å². The van der Waals surface area contributed by atoms with E-state index in [1.807, 2.05) is 84.9 Å². The Bertz CT molecular complexity index is 2440. The molecule has 2 heterocycles. The number of fused-ring (bicyclic) bond motifs is 5. The van der Waals surface area contributed by atoms with E-state index in [9.17, 15) is 0 Å². The molecule has 4 nitrogen and oxygen atoms in total. The Balaban J connectivity index is 1.36. The molecule has 4 heteroatoms. The van der Waals surface area contributed by atoms with Gasteiger partial charge < -0.3 is 4.42 Å². The minimum atomic E-state index is -0.476. The third-order valence-electron chi connectivity index (χ3n) is 6.96. The first-order valence-electron chi connectivity index (χ1n) is 15.0. The summed E-state index contributed by atoms with van der Waals surface area (Å²) in [4.78, 5) is 14.1. The van der Waals surface area contributed by atoms with E-state index in [1.165, 1.54) is 0 Å². The topological polar surface area (TPSA) is 51.8 Å². The smallest absolute Gasteiger partial charge is 0.164 e. The van der Waals surface area contributed by atoms with E-state index < -0.39 is 18.1 Å². The van der Waals surface area contributed by atoms with Gasteiger partial charge in [0.15, 0.2) is 17.5 Å². The van der Waals surface area contributed by atoms with Crippen molar-refractivity contribution in [3.63, 3.8) is 0 Å². The molecular formula is C35H21N3O. The van der Waals surface area contributed by atoms with Gasteiger partial charge in [0, 0.05) is 27.5 Å². The highest BCUT2D eigenvalue weighted by Gasteiger charge is 2.15. The highest BCUT2D eigenvalue weighted by Crippen LogP contribution is 2.35. The number of hydrogen-bond acceptors (Lipinski definition) is 4. The van der Waals surface area contributed by atoms with Gasteiger partial charge in [0.1, 0.15) is 11.2 Å². The molecule has 8 aromatic rings. The first-order valence-corrected chi connectivity index (χ1v) is 12.5. The number of rotatable bonds is 3. The fourth-order valence-corrected chi connectivity index (χ4v) is 5.04. The number of hydrogen-bond donors (Lipinski definition) is 0. The summed E-state index contributed by atoms with van der Waals surface area (Å²) in [6.45, 7) is 0. The molecule has 0 atom stereocenters. The molecule has 0 aliphatic rings. The summed E-state index contributed by atoms with van der Waals surface area (Å²) in [6, 6.07) is 29.6. The fourth-order valence-electron chi connectivity index (χ4n) is 5.04. The summed E-state index contributed by atoms with van der Waals surface area (Å²) in [5, 5.41) is 6.20. The van der Waals surface area contributed by atoms with Gasteiger partial charge in [-0.3, -0.25) is 0 Å². The fraction of sp³-hybridized carbons (Fsp3) is 0. The lowest BCUT2D eigenvalue weighted by molar-refractivity contribution is 0.669. The van der Waals surface area contributed by atoms with Gasteiger partial charge in [0.05, 0.1) is 6.85 Å². The van der Waals surface area contributed by atoms with Crippen LogP contribution in [0.5, 0.6) is 0 Å². The molecule has 8 rings (SSSR count). The summed E-state index contributed by atoms with van der Waals surface area (Å²) in [5.74, 6) is 0.599. The predicted molar refractivity (Wildman–Crippen MR) is 158 cm³/mol. The van der Waals surface area contributed by atoms with E-state index in [2.05, 4.69) is 22.1 Å². The van der Waals surface area contributed by atoms with Crippen LogP contribution >= 0.6 is 0 Å². The van der Waals surface area contributed by atoms with Crippen LogP contribution in [-0.2, 0) is 0 Å². The second-order valence-electron chi connectivity index (χ2n) is 9.38. The molecule has 6 aromatic carbocycles. The largest absolute Gasteiger partial charge is 0.456 e. The number of benzene rings is 6. The quantitative estimate of drug-likeness (QED) is 0.241. The second-order valence-corrected chi connectivity index (χ2v) is 9.38. The van der Waals surface area contributed by atoms with E-state index in [4.69, 9.17) is 16.3 Å². The van der Waals surface area contributed by atoms with E-state index >= 15 is 0 Å². The summed E-state index contributed by atoms with van der Waals surface area (Å²) in [6.07, 6.45) is 0. The van der Waals surface area contributed by atoms with Crippen LogP contribution in [0.4, 0.5) is 0 Å².